The van der Waals surface area contributed by atoms with Crippen LogP contribution in [0.5, 0.6) is 0 Å². The standard InChI is InChI=1S/C27H28F3NO3/c1-15-25-23(22-10-8-21(32)12-18(22)13-24(25)26(33)34-15)9-7-20-6-5-17(14-31-20)16-3-2-4-19(11-16)27(28,29)30/h2-7,9,11,14-15,18,21-25,32H,8,10,12-13H2,1H3/t15-,18?,21?,22?,23?,24?,25?/m1/s1. The zero-order chi connectivity index (χ0) is 24.0. The van der Waals surface area contributed by atoms with E-state index >= 15 is 0 Å². The number of carbonyl (C=O) groups is 1. The van der Waals surface area contributed by atoms with E-state index in [0.29, 0.717) is 28.7 Å². The maximum Gasteiger partial charge on any atom is 0.416 e. The Bertz CT molecular complexity index is 1080. The Morgan fingerprint density at radius 3 is 2.68 bits per heavy atom. The highest BCUT2D eigenvalue weighted by atomic mass is 19.4. The van der Waals surface area contributed by atoms with E-state index in [2.05, 4.69) is 11.1 Å². The van der Waals surface area contributed by atoms with Gasteiger partial charge in [-0.1, -0.05) is 24.3 Å². The second kappa shape index (κ2) is 8.84. The summed E-state index contributed by atoms with van der Waals surface area (Å²) < 4.78 is 44.7. The van der Waals surface area contributed by atoms with Gasteiger partial charge in [0.15, 0.2) is 0 Å². The van der Waals surface area contributed by atoms with Crippen molar-refractivity contribution >= 4 is 12.0 Å². The molecule has 7 atom stereocenters. The van der Waals surface area contributed by atoms with Gasteiger partial charge >= 0.3 is 12.1 Å². The van der Waals surface area contributed by atoms with Gasteiger partial charge in [-0.15, -0.1) is 0 Å². The van der Waals surface area contributed by atoms with Crippen molar-refractivity contribution in [3.8, 4) is 11.1 Å². The molecule has 0 amide bonds. The van der Waals surface area contributed by atoms with Crippen LogP contribution in [0.1, 0.15) is 43.9 Å². The topological polar surface area (TPSA) is 59.4 Å². The van der Waals surface area contributed by atoms with E-state index in [9.17, 15) is 23.1 Å². The van der Waals surface area contributed by atoms with Gasteiger partial charge in [-0.3, -0.25) is 9.78 Å². The lowest BCUT2D eigenvalue weighted by Gasteiger charge is -2.46. The van der Waals surface area contributed by atoms with E-state index in [1.807, 2.05) is 13.0 Å². The number of aromatic nitrogens is 1. The van der Waals surface area contributed by atoms with Gasteiger partial charge in [0.05, 0.1) is 23.3 Å². The lowest BCUT2D eigenvalue weighted by atomic mass is 9.57. The van der Waals surface area contributed by atoms with Crippen molar-refractivity contribution in [3.05, 3.63) is 59.9 Å². The second-order valence-electron chi connectivity index (χ2n) is 9.94. The Morgan fingerprint density at radius 2 is 1.94 bits per heavy atom. The molecule has 2 saturated carbocycles. The first-order valence-electron chi connectivity index (χ1n) is 11.9. The maximum atomic E-state index is 13.0. The van der Waals surface area contributed by atoms with Gasteiger partial charge in [0, 0.05) is 17.7 Å². The van der Waals surface area contributed by atoms with E-state index in [0.717, 1.165) is 37.8 Å². The number of hydrogen-bond donors (Lipinski definition) is 1. The first-order valence-corrected chi connectivity index (χ1v) is 11.9. The Kier molecular flexibility index (Phi) is 6.00. The summed E-state index contributed by atoms with van der Waals surface area (Å²) in [4.78, 5) is 16.9. The Morgan fingerprint density at radius 1 is 1.12 bits per heavy atom. The summed E-state index contributed by atoms with van der Waals surface area (Å²) in [6.45, 7) is 1.96. The van der Waals surface area contributed by atoms with Crippen LogP contribution in [0, 0.1) is 29.6 Å². The van der Waals surface area contributed by atoms with E-state index in [4.69, 9.17) is 4.74 Å². The molecule has 3 aliphatic rings. The van der Waals surface area contributed by atoms with Crippen molar-refractivity contribution in [2.24, 2.45) is 29.6 Å². The molecule has 4 nitrogen and oxygen atoms in total. The third kappa shape index (κ3) is 4.38. The molecule has 2 aromatic rings. The number of aliphatic hydroxyl groups excluding tert-OH is 1. The molecule has 0 spiro atoms. The van der Waals surface area contributed by atoms with E-state index in [1.165, 1.54) is 6.07 Å². The Balaban J connectivity index is 1.38. The third-order valence-electron chi connectivity index (χ3n) is 7.92. The minimum Gasteiger partial charge on any atom is -0.462 e. The zero-order valence-corrected chi connectivity index (χ0v) is 18.9. The quantitative estimate of drug-likeness (QED) is 0.579. The average molecular weight is 472 g/mol. The highest BCUT2D eigenvalue weighted by Crippen LogP contribution is 2.53. The van der Waals surface area contributed by atoms with Crippen LogP contribution in [-0.2, 0) is 15.7 Å². The largest absolute Gasteiger partial charge is 0.462 e. The van der Waals surface area contributed by atoms with Gasteiger partial charge in [0.2, 0.25) is 0 Å². The molecule has 2 heterocycles. The van der Waals surface area contributed by atoms with Crippen molar-refractivity contribution in [1.82, 2.24) is 4.98 Å². The molecule has 34 heavy (non-hydrogen) atoms. The van der Waals surface area contributed by atoms with Crippen LogP contribution in [0.2, 0.25) is 0 Å². The molecule has 1 aliphatic heterocycles. The third-order valence-corrected chi connectivity index (χ3v) is 7.92. The number of fused-ring (bicyclic) bond motifs is 2. The van der Waals surface area contributed by atoms with Gasteiger partial charge in [-0.05, 0) is 80.2 Å². The lowest BCUT2D eigenvalue weighted by molar-refractivity contribution is -0.144. The average Bonchev–Trinajstić information content (AvgIpc) is 3.09. The van der Waals surface area contributed by atoms with Crippen LogP contribution in [0.25, 0.3) is 17.2 Å². The number of rotatable bonds is 3. The highest BCUT2D eigenvalue weighted by Gasteiger charge is 2.54. The van der Waals surface area contributed by atoms with Gasteiger partial charge in [0.25, 0.3) is 0 Å². The van der Waals surface area contributed by atoms with Crippen LogP contribution in [0.4, 0.5) is 13.2 Å². The molecule has 2 aliphatic carbocycles. The minimum absolute atomic E-state index is 0.115. The first kappa shape index (κ1) is 23.1. The summed E-state index contributed by atoms with van der Waals surface area (Å²) in [5.74, 6) is 0.702. The van der Waals surface area contributed by atoms with Crippen molar-refractivity contribution in [2.45, 2.75) is 51.0 Å². The molecule has 3 fully saturated rings. The summed E-state index contributed by atoms with van der Waals surface area (Å²) in [7, 11) is 0. The molecule has 1 saturated heterocycles. The van der Waals surface area contributed by atoms with Gasteiger partial charge in [-0.25, -0.2) is 0 Å². The zero-order valence-electron chi connectivity index (χ0n) is 18.9. The monoisotopic (exact) mass is 471 g/mol. The SMILES string of the molecule is C[C@H]1OC(=O)C2CC3CC(O)CCC3C(C=Cc3ccc(-c4cccc(C(F)(F)F)c4)cn3)C21. The Labute approximate surface area is 196 Å². The van der Waals surface area contributed by atoms with Crippen molar-refractivity contribution in [2.75, 3.05) is 0 Å². The van der Waals surface area contributed by atoms with Crippen LogP contribution in [0.3, 0.4) is 0 Å². The number of carbonyl (C=O) groups excluding carboxylic acids is 1. The molecule has 6 unspecified atom stereocenters. The molecule has 1 aromatic carbocycles. The molecule has 5 rings (SSSR count). The van der Waals surface area contributed by atoms with Crippen LogP contribution < -0.4 is 0 Å². The smallest absolute Gasteiger partial charge is 0.416 e. The van der Waals surface area contributed by atoms with E-state index in [-0.39, 0.29) is 35.9 Å². The summed E-state index contributed by atoms with van der Waals surface area (Å²) in [5.41, 5.74) is 1.11. The predicted octanol–water partition coefficient (Wildman–Crippen LogP) is 5.76. The summed E-state index contributed by atoms with van der Waals surface area (Å²) in [5, 5.41) is 10.2. The van der Waals surface area contributed by atoms with Gasteiger partial charge in [-0.2, -0.15) is 13.2 Å². The summed E-state index contributed by atoms with van der Waals surface area (Å²) in [6, 6.07) is 8.80. The van der Waals surface area contributed by atoms with Crippen LogP contribution >= 0.6 is 0 Å². The molecule has 7 heteroatoms. The maximum absolute atomic E-state index is 13.0. The lowest BCUT2D eigenvalue weighted by Crippen LogP contribution is -2.44. The van der Waals surface area contributed by atoms with Crippen molar-refractivity contribution in [1.29, 1.82) is 0 Å². The fourth-order valence-electron chi connectivity index (χ4n) is 6.35. The molecular formula is C27H28F3NO3. The number of allylic oxidation sites excluding steroid dienone is 1. The van der Waals surface area contributed by atoms with Crippen LogP contribution in [-0.4, -0.2) is 28.3 Å². The fourth-order valence-corrected chi connectivity index (χ4v) is 6.35. The summed E-state index contributed by atoms with van der Waals surface area (Å²) in [6.07, 6.45) is 4.04. The number of aliphatic hydroxyl groups is 1. The number of alkyl halides is 3. The van der Waals surface area contributed by atoms with Crippen LogP contribution in [0.15, 0.2) is 48.7 Å². The van der Waals surface area contributed by atoms with Crippen molar-refractivity contribution in [3.63, 3.8) is 0 Å². The number of pyridine rings is 1. The Hall–Kier alpha value is -2.67. The minimum atomic E-state index is -4.39. The number of esters is 1. The number of nitrogens with zero attached hydrogens (tertiary/aromatic N) is 1. The van der Waals surface area contributed by atoms with E-state index < -0.39 is 11.7 Å². The normalized spacial score (nSPS) is 33.4. The molecule has 180 valence electrons. The fraction of sp³-hybridized carbons (Fsp3) is 0.481. The molecule has 1 N–H and O–H groups in total. The predicted molar refractivity (Wildman–Crippen MR) is 121 cm³/mol. The highest BCUT2D eigenvalue weighted by molar-refractivity contribution is 5.75. The molecule has 1 aromatic heterocycles. The molecule has 0 radical (unpaired) electrons. The van der Waals surface area contributed by atoms with Gasteiger partial charge in [0.1, 0.15) is 6.10 Å². The number of halogens is 3. The molecular weight excluding hydrogens is 443 g/mol. The molecule has 0 bridgehead atoms. The number of hydrogen-bond acceptors (Lipinski definition) is 4. The number of cyclic esters (lactones) is 1. The first-order chi connectivity index (χ1) is 16.2. The van der Waals surface area contributed by atoms with Crippen molar-refractivity contribution < 1.29 is 27.8 Å². The van der Waals surface area contributed by atoms with Gasteiger partial charge < -0.3 is 9.84 Å². The second-order valence-corrected chi connectivity index (χ2v) is 9.94. The summed E-state index contributed by atoms with van der Waals surface area (Å²) >= 11 is 0. The number of benzene rings is 1. The van der Waals surface area contributed by atoms with E-state index in [1.54, 1.807) is 24.4 Å². The number of ether oxygens (including phenoxy) is 1.